The van der Waals surface area contributed by atoms with E-state index in [-0.39, 0.29) is 13.2 Å². The molecule has 0 saturated carbocycles. The summed E-state index contributed by atoms with van der Waals surface area (Å²) >= 11 is 0. The highest BCUT2D eigenvalue weighted by Gasteiger charge is 2.39. The Morgan fingerprint density at radius 3 is 2.11 bits per heavy atom. The second kappa shape index (κ2) is 16.5. The zero-order valence-electron chi connectivity index (χ0n) is 17.2. The average molecular weight is 387 g/mol. The van der Waals surface area contributed by atoms with Crippen LogP contribution in [0, 0.1) is 0 Å². The fourth-order valence-electron chi connectivity index (χ4n) is 3.43. The van der Waals surface area contributed by atoms with Gasteiger partial charge in [0.05, 0.1) is 13.2 Å². The predicted octanol–water partition coefficient (Wildman–Crippen LogP) is 3.74. The molecule has 27 heavy (non-hydrogen) atoms. The van der Waals surface area contributed by atoms with Crippen LogP contribution in [0.2, 0.25) is 0 Å². The zero-order chi connectivity index (χ0) is 19.7. The number of unbranched alkanes of at least 4 members (excludes halogenated alkanes) is 10. The maximum atomic E-state index is 9.98. The number of hydrogen-bond acceptors (Lipinski definition) is 5. The third-order valence-corrected chi connectivity index (χ3v) is 5.22. The molecule has 160 valence electrons. The largest absolute Gasteiger partial charge is 0.394 e. The monoisotopic (exact) mass is 386 g/mol. The summed E-state index contributed by atoms with van der Waals surface area (Å²) in [5.41, 5.74) is 0. The van der Waals surface area contributed by atoms with Gasteiger partial charge in [-0.05, 0) is 32.1 Å². The average Bonchev–Trinajstić information content (AvgIpc) is 2.68. The third-order valence-electron chi connectivity index (χ3n) is 5.22. The van der Waals surface area contributed by atoms with Gasteiger partial charge in [-0.3, -0.25) is 0 Å². The van der Waals surface area contributed by atoms with Crippen LogP contribution < -0.4 is 0 Å². The number of hydrogen-bond donors (Lipinski definition) is 3. The van der Waals surface area contributed by atoms with E-state index in [1.165, 1.54) is 51.4 Å². The van der Waals surface area contributed by atoms with Crippen LogP contribution in [0.15, 0.2) is 12.2 Å². The van der Waals surface area contributed by atoms with E-state index in [4.69, 9.17) is 9.47 Å². The first-order valence-electron chi connectivity index (χ1n) is 11.1. The van der Waals surface area contributed by atoms with E-state index in [9.17, 15) is 15.3 Å². The Hall–Kier alpha value is -0.460. The molecule has 3 N–H and O–H groups in total. The van der Waals surface area contributed by atoms with Gasteiger partial charge < -0.3 is 24.8 Å². The highest BCUT2D eigenvalue weighted by Crippen LogP contribution is 2.19. The second-order valence-electron chi connectivity index (χ2n) is 7.68. The highest BCUT2D eigenvalue weighted by atomic mass is 16.6. The van der Waals surface area contributed by atoms with Gasteiger partial charge in [-0.2, -0.15) is 0 Å². The van der Waals surface area contributed by atoms with E-state index in [1.54, 1.807) is 0 Å². The van der Waals surface area contributed by atoms with Crippen LogP contribution in [0.1, 0.15) is 84.0 Å². The predicted molar refractivity (Wildman–Crippen MR) is 109 cm³/mol. The molecule has 0 aromatic carbocycles. The van der Waals surface area contributed by atoms with E-state index in [1.807, 2.05) is 0 Å². The molecule has 1 aliphatic heterocycles. The first-order valence-corrected chi connectivity index (χ1v) is 11.1. The topological polar surface area (TPSA) is 79.2 Å². The molecule has 5 nitrogen and oxygen atoms in total. The molecule has 1 heterocycles. The van der Waals surface area contributed by atoms with E-state index < -0.39 is 24.4 Å². The summed E-state index contributed by atoms with van der Waals surface area (Å²) in [5, 5.41) is 28.9. The van der Waals surface area contributed by atoms with Gasteiger partial charge in [0.1, 0.15) is 24.4 Å². The summed E-state index contributed by atoms with van der Waals surface area (Å²) < 4.78 is 11.0. The maximum absolute atomic E-state index is 9.98. The number of ether oxygens (including phenoxy) is 2. The van der Waals surface area contributed by atoms with Crippen molar-refractivity contribution in [2.45, 2.75) is 108 Å². The van der Waals surface area contributed by atoms with Crippen LogP contribution >= 0.6 is 0 Å². The minimum atomic E-state index is -0.995. The summed E-state index contributed by atoms with van der Waals surface area (Å²) in [6.45, 7) is 2.59. The van der Waals surface area contributed by atoms with Crippen LogP contribution in [0.4, 0.5) is 0 Å². The van der Waals surface area contributed by atoms with E-state index >= 15 is 0 Å². The van der Waals surface area contributed by atoms with Crippen molar-refractivity contribution in [3.05, 3.63) is 12.2 Å². The van der Waals surface area contributed by atoms with Crippen molar-refractivity contribution < 1.29 is 24.8 Å². The fourth-order valence-corrected chi connectivity index (χ4v) is 3.43. The minimum absolute atomic E-state index is 0.0391. The zero-order valence-corrected chi connectivity index (χ0v) is 17.2. The van der Waals surface area contributed by atoms with Gasteiger partial charge in [0.2, 0.25) is 0 Å². The summed E-state index contributed by atoms with van der Waals surface area (Å²) in [6.07, 6.45) is 16.4. The molecule has 0 unspecified atom stereocenters. The van der Waals surface area contributed by atoms with Crippen molar-refractivity contribution in [2.24, 2.45) is 0 Å². The molecule has 4 atom stereocenters. The normalized spacial score (nSPS) is 26.1. The van der Waals surface area contributed by atoms with Crippen molar-refractivity contribution in [1.29, 1.82) is 0 Å². The van der Waals surface area contributed by atoms with Gasteiger partial charge in [-0.25, -0.2) is 0 Å². The van der Waals surface area contributed by atoms with Gasteiger partial charge in [-0.1, -0.05) is 64.0 Å². The van der Waals surface area contributed by atoms with Gasteiger partial charge >= 0.3 is 0 Å². The first-order chi connectivity index (χ1) is 13.2. The number of allylic oxidation sites excluding steroid dienone is 2. The molecule has 0 aromatic rings. The van der Waals surface area contributed by atoms with Gasteiger partial charge in [-0.15, -0.1) is 0 Å². The Kier molecular flexibility index (Phi) is 15.0. The van der Waals surface area contributed by atoms with Gasteiger partial charge in [0, 0.05) is 6.61 Å². The quantitative estimate of drug-likeness (QED) is 0.278. The van der Waals surface area contributed by atoms with E-state index in [2.05, 4.69) is 19.1 Å². The second-order valence-corrected chi connectivity index (χ2v) is 7.68. The lowest BCUT2D eigenvalue weighted by Gasteiger charge is -2.37. The summed E-state index contributed by atoms with van der Waals surface area (Å²) in [4.78, 5) is 0. The van der Waals surface area contributed by atoms with Crippen molar-refractivity contribution in [3.8, 4) is 0 Å². The van der Waals surface area contributed by atoms with Crippen LogP contribution in [0.3, 0.4) is 0 Å². The molecule has 0 bridgehead atoms. The first kappa shape index (κ1) is 24.6. The Balaban J connectivity index is 1.93. The summed E-state index contributed by atoms with van der Waals surface area (Å²) in [7, 11) is 0. The Morgan fingerprint density at radius 2 is 1.48 bits per heavy atom. The van der Waals surface area contributed by atoms with E-state index in [0.717, 1.165) is 25.7 Å². The lowest BCUT2D eigenvalue weighted by atomic mass is 10.0. The standard InChI is InChI=1S/C22H42O5/c1-2-3-4-5-6-7-8-9-10-11-12-13-14-15-16-26-22-20(17-23)27-18-19(24)21(22)25/h10-11,19-25H,2-9,12-18H2,1H3/b11-10+/t19-,20+,21+,22+/m1/s1. The highest BCUT2D eigenvalue weighted by molar-refractivity contribution is 4.87. The minimum Gasteiger partial charge on any atom is -0.394 e. The Morgan fingerprint density at radius 1 is 0.889 bits per heavy atom. The Labute approximate surface area is 165 Å². The van der Waals surface area contributed by atoms with Crippen molar-refractivity contribution in [3.63, 3.8) is 0 Å². The number of aliphatic hydroxyl groups is 3. The Bertz CT molecular complexity index is 359. The molecule has 0 spiro atoms. The van der Waals surface area contributed by atoms with Crippen molar-refractivity contribution in [1.82, 2.24) is 0 Å². The molecule has 0 aromatic heterocycles. The molecular formula is C22H42O5. The maximum Gasteiger partial charge on any atom is 0.114 e. The molecule has 1 saturated heterocycles. The van der Waals surface area contributed by atoms with E-state index in [0.29, 0.717) is 6.61 Å². The SMILES string of the molecule is CCCCCCCCC/C=C/CCCCCO[C@@H]1[C@@H](O)[C@H](O)CO[C@H]1CO. The third kappa shape index (κ3) is 11.2. The molecule has 0 radical (unpaired) electrons. The van der Waals surface area contributed by atoms with Gasteiger partial charge in [0.25, 0.3) is 0 Å². The molecular weight excluding hydrogens is 344 g/mol. The lowest BCUT2D eigenvalue weighted by molar-refractivity contribution is -0.211. The smallest absolute Gasteiger partial charge is 0.114 e. The molecule has 0 amide bonds. The van der Waals surface area contributed by atoms with Crippen LogP contribution in [0.25, 0.3) is 0 Å². The molecule has 1 aliphatic rings. The summed E-state index contributed by atoms with van der Waals surface area (Å²) in [6, 6.07) is 0. The molecule has 1 rings (SSSR count). The fraction of sp³-hybridized carbons (Fsp3) is 0.909. The number of rotatable bonds is 16. The van der Waals surface area contributed by atoms with Gasteiger partial charge in [0.15, 0.2) is 0 Å². The van der Waals surface area contributed by atoms with Crippen LogP contribution in [0.5, 0.6) is 0 Å². The van der Waals surface area contributed by atoms with Crippen LogP contribution in [-0.2, 0) is 9.47 Å². The molecule has 1 fully saturated rings. The summed E-state index contributed by atoms with van der Waals surface area (Å²) in [5.74, 6) is 0. The lowest BCUT2D eigenvalue weighted by Crippen LogP contribution is -2.55. The van der Waals surface area contributed by atoms with Crippen molar-refractivity contribution in [2.75, 3.05) is 19.8 Å². The van der Waals surface area contributed by atoms with Crippen LogP contribution in [-0.4, -0.2) is 59.6 Å². The molecule has 5 heteroatoms. The molecule has 0 aliphatic carbocycles. The van der Waals surface area contributed by atoms with Crippen molar-refractivity contribution >= 4 is 0 Å². The number of aliphatic hydroxyl groups excluding tert-OH is 3.